The first-order valence-corrected chi connectivity index (χ1v) is 6.36. The lowest BCUT2D eigenvalue weighted by atomic mass is 9.92. The summed E-state index contributed by atoms with van der Waals surface area (Å²) >= 11 is 0. The van der Waals surface area contributed by atoms with Crippen LogP contribution in [-0.2, 0) is 12.8 Å². The first-order chi connectivity index (χ1) is 9.36. The van der Waals surface area contributed by atoms with Gasteiger partial charge in [0.2, 0.25) is 5.78 Å². The quantitative estimate of drug-likeness (QED) is 0.667. The molecule has 0 bridgehead atoms. The highest BCUT2D eigenvalue weighted by Gasteiger charge is 2.22. The summed E-state index contributed by atoms with van der Waals surface area (Å²) < 4.78 is 7.40. The summed E-state index contributed by atoms with van der Waals surface area (Å²) in [7, 11) is 1.69. The molecule has 0 N–H and O–H groups in total. The molecule has 4 nitrogen and oxygen atoms in total. The largest absolute Gasteiger partial charge is 0.497 e. The molecule has 0 radical (unpaired) electrons. The maximum Gasteiger partial charge on any atom is 0.234 e. The molecule has 4 rings (SSSR count). The van der Waals surface area contributed by atoms with Crippen LogP contribution in [0.25, 0.3) is 17.0 Å². The molecule has 4 heteroatoms. The summed E-state index contributed by atoms with van der Waals surface area (Å²) in [5, 5.41) is 0. The van der Waals surface area contributed by atoms with E-state index in [9.17, 15) is 0 Å². The van der Waals surface area contributed by atoms with Gasteiger partial charge >= 0.3 is 0 Å². The summed E-state index contributed by atoms with van der Waals surface area (Å²) in [5.41, 5.74) is 4.78. The number of benzene rings is 1. The van der Waals surface area contributed by atoms with Crippen molar-refractivity contribution in [3.63, 3.8) is 0 Å². The van der Waals surface area contributed by atoms with E-state index < -0.39 is 0 Å². The highest BCUT2D eigenvalue weighted by Crippen LogP contribution is 2.35. The van der Waals surface area contributed by atoms with Gasteiger partial charge < -0.3 is 4.74 Å². The van der Waals surface area contributed by atoms with Gasteiger partial charge in [-0.3, -0.25) is 4.40 Å². The van der Waals surface area contributed by atoms with Gasteiger partial charge in [-0.25, -0.2) is 9.97 Å². The molecular formula is C15H13N3O. The minimum Gasteiger partial charge on any atom is -0.497 e. The number of hydrogen-bond donors (Lipinski definition) is 0. The van der Waals surface area contributed by atoms with Gasteiger partial charge in [-0.2, -0.15) is 0 Å². The summed E-state index contributed by atoms with van der Waals surface area (Å²) in [4.78, 5) is 8.99. The zero-order valence-electron chi connectivity index (χ0n) is 10.6. The van der Waals surface area contributed by atoms with E-state index in [0.717, 1.165) is 30.1 Å². The Morgan fingerprint density at radius 3 is 3.11 bits per heavy atom. The number of fused-ring (bicyclic) bond motifs is 5. The standard InChI is InChI=1S/C15H13N3O/c1-19-11-5-3-10-4-6-13-14(12(10)9-11)17-15-16-7-2-8-18(13)15/h2-3,5,7-9H,4,6H2,1H3. The van der Waals surface area contributed by atoms with E-state index in [-0.39, 0.29) is 0 Å². The molecule has 19 heavy (non-hydrogen) atoms. The lowest BCUT2D eigenvalue weighted by Crippen LogP contribution is -2.05. The summed E-state index contributed by atoms with van der Waals surface area (Å²) in [6.45, 7) is 0. The third-order valence-corrected chi connectivity index (χ3v) is 3.71. The van der Waals surface area contributed by atoms with E-state index in [2.05, 4.69) is 26.5 Å². The van der Waals surface area contributed by atoms with Gasteiger partial charge in [0.15, 0.2) is 0 Å². The number of aryl methyl sites for hydroxylation is 2. The Hall–Kier alpha value is -2.36. The van der Waals surface area contributed by atoms with Crippen molar-refractivity contribution >= 4 is 5.78 Å². The summed E-state index contributed by atoms with van der Waals surface area (Å²) in [6.07, 6.45) is 5.84. The Bertz CT molecular complexity index is 776. The van der Waals surface area contributed by atoms with Crippen LogP contribution in [0.3, 0.4) is 0 Å². The number of rotatable bonds is 1. The first kappa shape index (κ1) is 10.6. The van der Waals surface area contributed by atoms with Gasteiger partial charge in [0.1, 0.15) is 5.75 Å². The monoisotopic (exact) mass is 251 g/mol. The van der Waals surface area contributed by atoms with Crippen molar-refractivity contribution in [2.75, 3.05) is 7.11 Å². The number of methoxy groups -OCH3 is 1. The van der Waals surface area contributed by atoms with Crippen molar-refractivity contribution in [1.82, 2.24) is 14.4 Å². The Kier molecular flexibility index (Phi) is 2.12. The Morgan fingerprint density at radius 2 is 2.21 bits per heavy atom. The molecule has 0 aliphatic heterocycles. The molecule has 0 saturated carbocycles. The molecule has 0 fully saturated rings. The number of aromatic nitrogens is 3. The molecule has 2 heterocycles. The van der Waals surface area contributed by atoms with Crippen molar-refractivity contribution in [2.45, 2.75) is 12.8 Å². The van der Waals surface area contributed by atoms with Crippen LogP contribution < -0.4 is 4.74 Å². The van der Waals surface area contributed by atoms with Gasteiger partial charge in [-0.15, -0.1) is 0 Å². The topological polar surface area (TPSA) is 39.4 Å². The predicted molar refractivity (Wildman–Crippen MR) is 72.4 cm³/mol. The van der Waals surface area contributed by atoms with Crippen molar-refractivity contribution in [2.24, 2.45) is 0 Å². The Labute approximate surface area is 110 Å². The Morgan fingerprint density at radius 1 is 1.26 bits per heavy atom. The molecule has 2 aromatic heterocycles. The maximum absolute atomic E-state index is 5.32. The zero-order valence-corrected chi connectivity index (χ0v) is 10.6. The van der Waals surface area contributed by atoms with E-state index in [0.29, 0.717) is 0 Å². The fourth-order valence-corrected chi connectivity index (χ4v) is 2.76. The second-order valence-corrected chi connectivity index (χ2v) is 4.72. The minimum atomic E-state index is 0.767. The maximum atomic E-state index is 5.32. The molecule has 0 saturated heterocycles. The minimum absolute atomic E-state index is 0.767. The van der Waals surface area contributed by atoms with Crippen LogP contribution in [-0.4, -0.2) is 21.5 Å². The number of ether oxygens (including phenoxy) is 1. The lowest BCUT2D eigenvalue weighted by Gasteiger charge is -2.16. The van der Waals surface area contributed by atoms with Crippen molar-refractivity contribution in [3.8, 4) is 17.0 Å². The van der Waals surface area contributed by atoms with Crippen LogP contribution in [0.2, 0.25) is 0 Å². The highest BCUT2D eigenvalue weighted by atomic mass is 16.5. The van der Waals surface area contributed by atoms with Crippen LogP contribution in [0.15, 0.2) is 36.7 Å². The molecule has 0 spiro atoms. The van der Waals surface area contributed by atoms with Crippen LogP contribution in [0.4, 0.5) is 0 Å². The zero-order chi connectivity index (χ0) is 12.8. The average Bonchev–Trinajstić information content (AvgIpc) is 2.85. The van der Waals surface area contributed by atoms with Crippen molar-refractivity contribution < 1.29 is 4.74 Å². The van der Waals surface area contributed by atoms with Gasteiger partial charge in [0.05, 0.1) is 18.5 Å². The van der Waals surface area contributed by atoms with Gasteiger partial charge in [-0.1, -0.05) is 6.07 Å². The fraction of sp³-hybridized carbons (Fsp3) is 0.200. The van der Waals surface area contributed by atoms with E-state index in [1.54, 1.807) is 13.3 Å². The van der Waals surface area contributed by atoms with Crippen molar-refractivity contribution in [1.29, 1.82) is 0 Å². The van der Waals surface area contributed by atoms with Gasteiger partial charge in [0.25, 0.3) is 0 Å². The molecular weight excluding hydrogens is 238 g/mol. The molecule has 0 unspecified atom stereocenters. The number of nitrogens with zero attached hydrogens (tertiary/aromatic N) is 3. The summed E-state index contributed by atoms with van der Waals surface area (Å²) in [6, 6.07) is 8.16. The van der Waals surface area contributed by atoms with Crippen molar-refractivity contribution in [3.05, 3.63) is 47.9 Å². The molecule has 1 aliphatic rings. The average molecular weight is 251 g/mol. The van der Waals surface area contributed by atoms with E-state index in [4.69, 9.17) is 4.74 Å². The normalized spacial score (nSPS) is 13.1. The third-order valence-electron chi connectivity index (χ3n) is 3.71. The second kappa shape index (κ2) is 3.82. The lowest BCUT2D eigenvalue weighted by molar-refractivity contribution is 0.415. The molecule has 1 aliphatic carbocycles. The first-order valence-electron chi connectivity index (χ1n) is 6.36. The fourth-order valence-electron chi connectivity index (χ4n) is 2.76. The predicted octanol–water partition coefficient (Wildman–Crippen LogP) is 2.50. The SMILES string of the molecule is COc1ccc2c(c1)-c1nc3ncccn3c1CC2. The molecule has 1 aromatic carbocycles. The molecule has 0 atom stereocenters. The third kappa shape index (κ3) is 1.46. The smallest absolute Gasteiger partial charge is 0.234 e. The van der Waals surface area contributed by atoms with Crippen LogP contribution in [0, 0.1) is 0 Å². The Balaban J connectivity index is 2.02. The van der Waals surface area contributed by atoms with Crippen LogP contribution in [0.1, 0.15) is 11.3 Å². The van der Waals surface area contributed by atoms with Crippen LogP contribution >= 0.6 is 0 Å². The number of imidazole rings is 1. The van der Waals surface area contributed by atoms with E-state index >= 15 is 0 Å². The van der Waals surface area contributed by atoms with Crippen LogP contribution in [0.5, 0.6) is 5.75 Å². The van der Waals surface area contributed by atoms with E-state index in [1.165, 1.54) is 16.8 Å². The highest BCUT2D eigenvalue weighted by molar-refractivity contribution is 5.72. The summed E-state index contributed by atoms with van der Waals surface area (Å²) in [5.74, 6) is 1.64. The van der Waals surface area contributed by atoms with E-state index in [1.807, 2.05) is 18.3 Å². The molecule has 0 amide bonds. The number of hydrogen-bond acceptors (Lipinski definition) is 3. The van der Waals surface area contributed by atoms with Gasteiger partial charge in [0, 0.05) is 18.0 Å². The second-order valence-electron chi connectivity index (χ2n) is 4.72. The van der Waals surface area contributed by atoms with Gasteiger partial charge in [-0.05, 0) is 36.6 Å². The molecule has 3 aromatic rings. The molecule has 94 valence electrons.